The summed E-state index contributed by atoms with van der Waals surface area (Å²) in [5, 5.41) is 14.7. The van der Waals surface area contributed by atoms with Gasteiger partial charge in [0, 0.05) is 38.3 Å². The molecule has 1 aromatic carbocycles. The molecule has 1 aliphatic rings. The Morgan fingerprint density at radius 3 is 2.48 bits per heavy atom. The van der Waals surface area contributed by atoms with Crippen LogP contribution in [-0.4, -0.2) is 36.0 Å². The molecule has 0 amide bonds. The molecule has 0 radical (unpaired) electrons. The number of nitro benzene ring substituents is 1. The van der Waals surface area contributed by atoms with Gasteiger partial charge in [-0.15, -0.1) is 24.8 Å². The minimum Gasteiger partial charge on any atom is -0.314 e. The Balaban J connectivity index is 0.00000242. The SMILES string of the molecule is CCC(C)[C@H](c1ccc(Cl)c([N+](=O)[O-])c1)N1CCNCC1.Cl.Cl. The summed E-state index contributed by atoms with van der Waals surface area (Å²) in [6, 6.07) is 5.41. The maximum Gasteiger partial charge on any atom is 0.288 e. The van der Waals surface area contributed by atoms with E-state index >= 15 is 0 Å². The maximum atomic E-state index is 11.1. The second-order valence-electron chi connectivity index (χ2n) is 5.58. The fourth-order valence-corrected chi connectivity index (χ4v) is 3.12. The zero-order valence-electron chi connectivity index (χ0n) is 13.3. The van der Waals surface area contributed by atoms with Gasteiger partial charge in [-0.3, -0.25) is 15.0 Å². The van der Waals surface area contributed by atoms with Crippen LogP contribution in [0.3, 0.4) is 0 Å². The van der Waals surface area contributed by atoms with Gasteiger partial charge in [-0.05, 0) is 17.5 Å². The number of piperazine rings is 1. The third-order valence-corrected chi connectivity index (χ3v) is 4.56. The molecule has 0 aliphatic carbocycles. The average molecular weight is 385 g/mol. The van der Waals surface area contributed by atoms with Gasteiger partial charge in [-0.1, -0.05) is 37.9 Å². The minimum absolute atomic E-state index is 0. The summed E-state index contributed by atoms with van der Waals surface area (Å²) in [5.41, 5.74) is 0.986. The van der Waals surface area contributed by atoms with Crippen molar-refractivity contribution in [1.29, 1.82) is 0 Å². The van der Waals surface area contributed by atoms with Gasteiger partial charge in [0.25, 0.3) is 5.69 Å². The van der Waals surface area contributed by atoms with Gasteiger partial charge in [-0.2, -0.15) is 0 Å². The highest BCUT2D eigenvalue weighted by atomic mass is 35.5. The van der Waals surface area contributed by atoms with Crippen molar-refractivity contribution in [1.82, 2.24) is 10.2 Å². The number of nitrogens with one attached hydrogen (secondary N) is 1. The zero-order valence-corrected chi connectivity index (χ0v) is 15.7. The van der Waals surface area contributed by atoms with Crippen LogP contribution >= 0.6 is 36.4 Å². The first kappa shape index (κ1) is 22.4. The first-order valence-electron chi connectivity index (χ1n) is 7.43. The lowest BCUT2D eigenvalue weighted by Crippen LogP contribution is -2.46. The number of rotatable bonds is 5. The molecule has 1 heterocycles. The Labute approximate surface area is 154 Å². The lowest BCUT2D eigenvalue weighted by atomic mass is 9.90. The predicted octanol–water partition coefficient (Wildman–Crippen LogP) is 4.08. The highest BCUT2D eigenvalue weighted by molar-refractivity contribution is 6.32. The van der Waals surface area contributed by atoms with E-state index in [4.69, 9.17) is 11.6 Å². The topological polar surface area (TPSA) is 58.4 Å². The van der Waals surface area contributed by atoms with E-state index in [9.17, 15) is 10.1 Å². The van der Waals surface area contributed by atoms with Crippen molar-refractivity contribution >= 4 is 42.1 Å². The number of halogens is 3. The van der Waals surface area contributed by atoms with Gasteiger partial charge in [0.15, 0.2) is 0 Å². The maximum absolute atomic E-state index is 11.1. The molecule has 1 N–H and O–H groups in total. The molecule has 0 spiro atoms. The number of nitro groups is 1. The Morgan fingerprint density at radius 2 is 1.96 bits per heavy atom. The highest BCUT2D eigenvalue weighted by Gasteiger charge is 2.28. The van der Waals surface area contributed by atoms with Crippen molar-refractivity contribution in [2.45, 2.75) is 26.3 Å². The van der Waals surface area contributed by atoms with E-state index < -0.39 is 4.92 Å². The Bertz CT molecular complexity index is 511. The molecule has 1 unspecified atom stereocenters. The van der Waals surface area contributed by atoms with Gasteiger partial charge in [0.1, 0.15) is 5.02 Å². The van der Waals surface area contributed by atoms with Crippen molar-refractivity contribution in [3.05, 3.63) is 38.9 Å². The summed E-state index contributed by atoms with van der Waals surface area (Å²) in [6.45, 7) is 8.21. The molecule has 132 valence electrons. The van der Waals surface area contributed by atoms with E-state index in [0.29, 0.717) is 5.92 Å². The van der Waals surface area contributed by atoms with Crippen LogP contribution in [0, 0.1) is 16.0 Å². The first-order chi connectivity index (χ1) is 10.0. The Kier molecular flexibility index (Phi) is 10.0. The monoisotopic (exact) mass is 383 g/mol. The minimum atomic E-state index is -0.405. The number of hydrogen-bond donors (Lipinski definition) is 1. The van der Waals surface area contributed by atoms with Gasteiger partial charge in [0.05, 0.1) is 4.92 Å². The summed E-state index contributed by atoms with van der Waals surface area (Å²) in [7, 11) is 0. The average Bonchev–Trinajstić information content (AvgIpc) is 2.49. The molecule has 1 saturated heterocycles. The lowest BCUT2D eigenvalue weighted by molar-refractivity contribution is -0.384. The number of benzene rings is 1. The standard InChI is InChI=1S/C15H22ClN3O2.2ClH/c1-3-11(2)15(18-8-6-17-7-9-18)12-4-5-13(16)14(10-12)19(20)21;;/h4-5,10-11,15,17H,3,6-9H2,1-2H3;2*1H/t11?,15-;;/m1../s1. The summed E-state index contributed by atoms with van der Waals surface area (Å²) in [5.74, 6) is 0.434. The molecule has 0 saturated carbocycles. The highest BCUT2D eigenvalue weighted by Crippen LogP contribution is 2.35. The van der Waals surface area contributed by atoms with E-state index in [2.05, 4.69) is 24.1 Å². The second kappa shape index (κ2) is 10.3. The normalized spacial score (nSPS) is 17.5. The van der Waals surface area contributed by atoms with Gasteiger partial charge >= 0.3 is 0 Å². The number of hydrogen-bond acceptors (Lipinski definition) is 4. The van der Waals surface area contributed by atoms with Gasteiger partial charge < -0.3 is 5.32 Å². The van der Waals surface area contributed by atoms with Crippen LogP contribution < -0.4 is 5.32 Å². The van der Waals surface area contributed by atoms with Crippen molar-refractivity contribution < 1.29 is 4.92 Å². The van der Waals surface area contributed by atoms with Crippen LogP contribution in [0.1, 0.15) is 31.9 Å². The van der Waals surface area contributed by atoms with Crippen molar-refractivity contribution in [3.8, 4) is 0 Å². The van der Waals surface area contributed by atoms with Crippen LogP contribution in [0.2, 0.25) is 5.02 Å². The van der Waals surface area contributed by atoms with E-state index in [-0.39, 0.29) is 41.6 Å². The number of nitrogens with zero attached hydrogens (tertiary/aromatic N) is 2. The van der Waals surface area contributed by atoms with Gasteiger partial charge in [0.2, 0.25) is 0 Å². The summed E-state index contributed by atoms with van der Waals surface area (Å²) in [4.78, 5) is 13.1. The third-order valence-electron chi connectivity index (χ3n) is 4.24. The zero-order chi connectivity index (χ0) is 15.4. The van der Waals surface area contributed by atoms with E-state index in [0.717, 1.165) is 38.2 Å². The van der Waals surface area contributed by atoms with Crippen LogP contribution in [0.5, 0.6) is 0 Å². The summed E-state index contributed by atoms with van der Waals surface area (Å²) < 4.78 is 0. The second-order valence-corrected chi connectivity index (χ2v) is 5.99. The van der Waals surface area contributed by atoms with Crippen molar-refractivity contribution in [3.63, 3.8) is 0 Å². The quantitative estimate of drug-likeness (QED) is 0.614. The van der Waals surface area contributed by atoms with Crippen LogP contribution in [0.25, 0.3) is 0 Å². The molecule has 1 aromatic rings. The van der Waals surface area contributed by atoms with E-state index in [1.54, 1.807) is 12.1 Å². The van der Waals surface area contributed by atoms with E-state index in [1.165, 1.54) is 0 Å². The fraction of sp³-hybridized carbons (Fsp3) is 0.600. The lowest BCUT2D eigenvalue weighted by Gasteiger charge is -2.38. The predicted molar refractivity (Wildman–Crippen MR) is 99.2 cm³/mol. The first-order valence-corrected chi connectivity index (χ1v) is 7.81. The van der Waals surface area contributed by atoms with Crippen LogP contribution in [0.4, 0.5) is 5.69 Å². The third kappa shape index (κ3) is 5.47. The molecule has 2 rings (SSSR count). The molecule has 0 bridgehead atoms. The molecular formula is C15H24Cl3N3O2. The summed E-state index contributed by atoms with van der Waals surface area (Å²) in [6.07, 6.45) is 1.03. The largest absolute Gasteiger partial charge is 0.314 e. The molecule has 5 nitrogen and oxygen atoms in total. The fourth-order valence-electron chi connectivity index (χ4n) is 2.94. The van der Waals surface area contributed by atoms with Crippen LogP contribution in [0.15, 0.2) is 18.2 Å². The molecule has 0 aromatic heterocycles. The molecule has 23 heavy (non-hydrogen) atoms. The molecule has 1 aliphatic heterocycles. The van der Waals surface area contributed by atoms with Crippen molar-refractivity contribution in [2.75, 3.05) is 26.2 Å². The molecule has 8 heteroatoms. The smallest absolute Gasteiger partial charge is 0.288 e. The van der Waals surface area contributed by atoms with Gasteiger partial charge in [-0.25, -0.2) is 0 Å². The Morgan fingerprint density at radius 1 is 1.35 bits per heavy atom. The molecular weight excluding hydrogens is 361 g/mol. The Hall–Kier alpha value is -0.590. The van der Waals surface area contributed by atoms with Crippen LogP contribution in [-0.2, 0) is 0 Å². The summed E-state index contributed by atoms with van der Waals surface area (Å²) >= 11 is 5.93. The van der Waals surface area contributed by atoms with E-state index in [1.807, 2.05) is 6.07 Å². The molecule has 1 fully saturated rings. The van der Waals surface area contributed by atoms with Crippen molar-refractivity contribution in [2.24, 2.45) is 5.92 Å². The molecule has 2 atom stereocenters.